The smallest absolute Gasteiger partial charge is 0.267 e. The minimum absolute atomic E-state index is 0.123. The van der Waals surface area contributed by atoms with Gasteiger partial charge in [0.25, 0.3) is 5.91 Å². The largest absolute Gasteiger partial charge is 0.495 e. The van der Waals surface area contributed by atoms with Crippen molar-refractivity contribution in [3.63, 3.8) is 0 Å². The predicted molar refractivity (Wildman–Crippen MR) is 95.9 cm³/mol. The molecule has 0 aliphatic carbocycles. The van der Waals surface area contributed by atoms with Gasteiger partial charge < -0.3 is 15.4 Å². The van der Waals surface area contributed by atoms with Crippen LogP contribution in [0.1, 0.15) is 0 Å². The number of nitrogens with zero attached hydrogens (tertiary/aromatic N) is 2. The Balaban J connectivity index is 2.14. The second-order valence-corrected chi connectivity index (χ2v) is 5.83. The molecule has 1 amide bonds. The molecule has 0 spiro atoms. The van der Waals surface area contributed by atoms with E-state index in [1.54, 1.807) is 30.5 Å². The third kappa shape index (κ3) is 4.72. The van der Waals surface area contributed by atoms with Crippen LogP contribution in [0.15, 0.2) is 52.8 Å². The van der Waals surface area contributed by atoms with E-state index in [1.807, 2.05) is 6.07 Å². The van der Waals surface area contributed by atoms with E-state index in [9.17, 15) is 10.1 Å². The molecule has 0 saturated carbocycles. The van der Waals surface area contributed by atoms with E-state index in [4.69, 9.17) is 16.3 Å². The summed E-state index contributed by atoms with van der Waals surface area (Å²) in [4.78, 5) is 16.3. The summed E-state index contributed by atoms with van der Waals surface area (Å²) in [7, 11) is 1.47. The van der Waals surface area contributed by atoms with Crippen LogP contribution >= 0.6 is 27.5 Å². The number of hydrogen-bond acceptors (Lipinski definition) is 5. The number of anilines is 2. The molecular weight excluding hydrogens is 396 g/mol. The lowest BCUT2D eigenvalue weighted by molar-refractivity contribution is -0.112. The molecule has 1 aromatic heterocycles. The molecule has 0 saturated heterocycles. The van der Waals surface area contributed by atoms with Crippen molar-refractivity contribution in [2.24, 2.45) is 0 Å². The summed E-state index contributed by atoms with van der Waals surface area (Å²) in [6.07, 6.45) is 2.88. The zero-order valence-electron chi connectivity index (χ0n) is 12.5. The number of benzene rings is 1. The van der Waals surface area contributed by atoms with Crippen LogP contribution in [0.5, 0.6) is 5.75 Å². The predicted octanol–water partition coefficient (Wildman–Crippen LogP) is 3.96. The van der Waals surface area contributed by atoms with E-state index < -0.39 is 5.91 Å². The Morgan fingerprint density at radius 1 is 1.42 bits per heavy atom. The zero-order chi connectivity index (χ0) is 17.5. The highest BCUT2D eigenvalue weighted by Crippen LogP contribution is 2.28. The average molecular weight is 408 g/mol. The molecule has 0 aliphatic rings. The summed E-state index contributed by atoms with van der Waals surface area (Å²) in [5, 5.41) is 15.0. The molecule has 1 heterocycles. The summed E-state index contributed by atoms with van der Waals surface area (Å²) in [6.45, 7) is 0. The van der Waals surface area contributed by atoms with E-state index in [0.717, 1.165) is 4.47 Å². The number of nitrogens with one attached hydrogen (secondary N) is 2. The quantitative estimate of drug-likeness (QED) is 0.578. The second-order valence-electron chi connectivity index (χ2n) is 4.47. The van der Waals surface area contributed by atoms with Gasteiger partial charge in [-0.3, -0.25) is 4.79 Å². The number of aromatic nitrogens is 1. The van der Waals surface area contributed by atoms with E-state index in [2.05, 4.69) is 31.5 Å². The van der Waals surface area contributed by atoms with Gasteiger partial charge in [0.2, 0.25) is 0 Å². The van der Waals surface area contributed by atoms with Crippen molar-refractivity contribution in [3.8, 4) is 11.8 Å². The molecule has 0 bridgehead atoms. The third-order valence-electron chi connectivity index (χ3n) is 2.87. The summed E-state index contributed by atoms with van der Waals surface area (Å²) in [5.74, 6) is 0.342. The van der Waals surface area contributed by atoms with E-state index in [-0.39, 0.29) is 5.57 Å². The highest BCUT2D eigenvalue weighted by atomic mass is 79.9. The standard InChI is InChI=1S/C16H12BrClN4O2/c1-24-14-4-3-12(18)6-13(14)22-16(23)10(7-19)8-20-15-5-2-11(17)9-21-15/h2-6,8-9H,1H3,(H,20,21)(H,22,23)/b10-8-. The van der Waals surface area contributed by atoms with Crippen LogP contribution in [0.2, 0.25) is 5.02 Å². The summed E-state index contributed by atoms with van der Waals surface area (Å²) in [5.41, 5.74) is 0.250. The number of carbonyl (C=O) groups excluding carboxylic acids is 1. The van der Waals surface area contributed by atoms with Crippen molar-refractivity contribution in [2.45, 2.75) is 0 Å². The number of methoxy groups -OCH3 is 1. The molecular formula is C16H12BrClN4O2. The number of carbonyl (C=O) groups is 1. The lowest BCUT2D eigenvalue weighted by Crippen LogP contribution is -2.15. The van der Waals surface area contributed by atoms with Crippen LogP contribution in [0.4, 0.5) is 11.5 Å². The number of pyridine rings is 1. The number of rotatable bonds is 5. The number of halogens is 2. The molecule has 2 N–H and O–H groups in total. The first-order valence-corrected chi connectivity index (χ1v) is 7.84. The molecule has 0 unspecified atom stereocenters. The van der Waals surface area contributed by atoms with Crippen LogP contribution in [-0.2, 0) is 4.79 Å². The fourth-order valence-corrected chi connectivity index (χ4v) is 2.13. The van der Waals surface area contributed by atoms with Crippen molar-refractivity contribution >= 4 is 44.9 Å². The van der Waals surface area contributed by atoms with Gasteiger partial charge in [0.1, 0.15) is 23.2 Å². The molecule has 1 aromatic carbocycles. The van der Waals surface area contributed by atoms with Crippen molar-refractivity contribution in [3.05, 3.63) is 57.8 Å². The molecule has 122 valence electrons. The monoisotopic (exact) mass is 406 g/mol. The maximum Gasteiger partial charge on any atom is 0.267 e. The van der Waals surface area contributed by atoms with Crippen LogP contribution in [0.25, 0.3) is 0 Å². The van der Waals surface area contributed by atoms with Gasteiger partial charge in [0.15, 0.2) is 0 Å². The Hall–Kier alpha value is -2.56. The summed E-state index contributed by atoms with van der Waals surface area (Å²) in [6, 6.07) is 10.1. The Morgan fingerprint density at radius 3 is 2.83 bits per heavy atom. The van der Waals surface area contributed by atoms with Gasteiger partial charge >= 0.3 is 0 Å². The van der Waals surface area contributed by atoms with Crippen LogP contribution in [0.3, 0.4) is 0 Å². The first kappa shape index (κ1) is 17.8. The lowest BCUT2D eigenvalue weighted by atomic mass is 10.2. The van der Waals surface area contributed by atoms with Gasteiger partial charge in [-0.25, -0.2) is 4.98 Å². The molecule has 0 aliphatic heterocycles. The first-order valence-electron chi connectivity index (χ1n) is 6.66. The van der Waals surface area contributed by atoms with Crippen molar-refractivity contribution in [1.82, 2.24) is 4.98 Å². The number of hydrogen-bond donors (Lipinski definition) is 2. The molecule has 24 heavy (non-hydrogen) atoms. The van der Waals surface area contributed by atoms with Gasteiger partial charge in [-0.2, -0.15) is 5.26 Å². The van der Waals surface area contributed by atoms with Crippen LogP contribution < -0.4 is 15.4 Å². The maximum atomic E-state index is 12.2. The average Bonchev–Trinajstić information content (AvgIpc) is 2.57. The second kappa shape index (κ2) is 8.34. The molecule has 8 heteroatoms. The van der Waals surface area contributed by atoms with E-state index >= 15 is 0 Å². The maximum absolute atomic E-state index is 12.2. The highest BCUT2D eigenvalue weighted by molar-refractivity contribution is 9.10. The van der Waals surface area contributed by atoms with Crippen molar-refractivity contribution in [1.29, 1.82) is 5.26 Å². The molecule has 2 aromatic rings. The minimum atomic E-state index is -0.595. The first-order chi connectivity index (χ1) is 11.5. The van der Waals surface area contributed by atoms with E-state index in [0.29, 0.717) is 22.3 Å². The van der Waals surface area contributed by atoms with Gasteiger partial charge in [-0.05, 0) is 46.3 Å². The van der Waals surface area contributed by atoms with Gasteiger partial charge in [-0.1, -0.05) is 11.6 Å². The Morgan fingerprint density at radius 2 is 2.21 bits per heavy atom. The van der Waals surface area contributed by atoms with Gasteiger partial charge in [0.05, 0.1) is 12.8 Å². The lowest BCUT2D eigenvalue weighted by Gasteiger charge is -2.10. The molecule has 0 atom stereocenters. The summed E-state index contributed by atoms with van der Waals surface area (Å²) >= 11 is 9.19. The van der Waals surface area contributed by atoms with Gasteiger partial charge in [-0.15, -0.1) is 0 Å². The number of nitriles is 1. The van der Waals surface area contributed by atoms with E-state index in [1.165, 1.54) is 19.4 Å². The number of amides is 1. The number of ether oxygens (including phenoxy) is 1. The van der Waals surface area contributed by atoms with Crippen LogP contribution in [-0.4, -0.2) is 18.0 Å². The molecule has 6 nitrogen and oxygen atoms in total. The minimum Gasteiger partial charge on any atom is -0.495 e. The van der Waals surface area contributed by atoms with Crippen LogP contribution in [0, 0.1) is 11.3 Å². The topological polar surface area (TPSA) is 87.0 Å². The Kier molecular flexibility index (Phi) is 6.18. The third-order valence-corrected chi connectivity index (χ3v) is 3.57. The molecule has 0 radical (unpaired) electrons. The zero-order valence-corrected chi connectivity index (χ0v) is 14.9. The van der Waals surface area contributed by atoms with Gasteiger partial charge in [0, 0.05) is 21.9 Å². The van der Waals surface area contributed by atoms with Crippen molar-refractivity contribution < 1.29 is 9.53 Å². The van der Waals surface area contributed by atoms with Crippen molar-refractivity contribution in [2.75, 3.05) is 17.7 Å². The normalized spacial score (nSPS) is 10.7. The molecule has 0 fully saturated rings. The Labute approximate surface area is 152 Å². The SMILES string of the molecule is COc1ccc(Cl)cc1NC(=O)/C(C#N)=C\Nc1ccc(Br)cn1. The Bertz CT molecular complexity index is 816. The fourth-order valence-electron chi connectivity index (χ4n) is 1.72. The molecule has 2 rings (SSSR count). The fraction of sp³-hybridized carbons (Fsp3) is 0.0625. The summed E-state index contributed by atoms with van der Waals surface area (Å²) < 4.78 is 5.97. The highest BCUT2D eigenvalue weighted by Gasteiger charge is 2.13.